The molecule has 2 N–H and O–H groups in total. The van der Waals surface area contributed by atoms with Gasteiger partial charge in [-0.2, -0.15) is 0 Å². The zero-order chi connectivity index (χ0) is 14.8. The van der Waals surface area contributed by atoms with Crippen LogP contribution in [-0.4, -0.2) is 49.4 Å². The highest BCUT2D eigenvalue weighted by molar-refractivity contribution is 5.83. The van der Waals surface area contributed by atoms with Crippen LogP contribution < -0.4 is 10.6 Å². The lowest BCUT2D eigenvalue weighted by Crippen LogP contribution is -2.58. The number of likely N-dealkylation sites (tertiary alicyclic amines) is 1. The van der Waals surface area contributed by atoms with E-state index in [1.165, 1.54) is 0 Å². The summed E-state index contributed by atoms with van der Waals surface area (Å²) in [6.45, 7) is 6.66. The Morgan fingerprint density at radius 1 is 1.25 bits per heavy atom. The van der Waals surface area contributed by atoms with Gasteiger partial charge in [-0.15, -0.1) is 0 Å². The second-order valence-electron chi connectivity index (χ2n) is 6.69. The van der Waals surface area contributed by atoms with Gasteiger partial charge in [0.2, 0.25) is 11.8 Å². The first-order chi connectivity index (χ1) is 9.45. The van der Waals surface area contributed by atoms with Crippen molar-refractivity contribution >= 4 is 11.8 Å². The van der Waals surface area contributed by atoms with Crippen molar-refractivity contribution in [2.45, 2.75) is 45.6 Å². The molecule has 2 aliphatic rings. The fourth-order valence-corrected chi connectivity index (χ4v) is 3.38. The minimum atomic E-state index is -0.0761. The van der Waals surface area contributed by atoms with Gasteiger partial charge in [0.05, 0.1) is 6.04 Å². The summed E-state index contributed by atoms with van der Waals surface area (Å²) >= 11 is 0. The highest BCUT2D eigenvalue weighted by atomic mass is 16.2. The number of nitrogens with zero attached hydrogens (tertiary/aromatic N) is 1. The van der Waals surface area contributed by atoms with E-state index in [0.29, 0.717) is 13.1 Å². The minimum absolute atomic E-state index is 0.0208. The smallest absolute Gasteiger partial charge is 0.240 e. The number of nitrogens with one attached hydrogen (secondary N) is 2. The van der Waals surface area contributed by atoms with Gasteiger partial charge < -0.3 is 15.5 Å². The lowest BCUT2D eigenvalue weighted by atomic mass is 9.76. The molecule has 5 heteroatoms. The van der Waals surface area contributed by atoms with Crippen molar-refractivity contribution in [1.29, 1.82) is 0 Å². The molecule has 20 heavy (non-hydrogen) atoms. The molecule has 0 aromatic rings. The van der Waals surface area contributed by atoms with Crippen LogP contribution in [0.4, 0.5) is 0 Å². The van der Waals surface area contributed by atoms with E-state index >= 15 is 0 Å². The average molecular weight is 281 g/mol. The highest BCUT2D eigenvalue weighted by Crippen LogP contribution is 2.32. The van der Waals surface area contributed by atoms with Crippen LogP contribution in [0.5, 0.6) is 0 Å². The van der Waals surface area contributed by atoms with Crippen molar-refractivity contribution in [2.75, 3.05) is 26.7 Å². The largest absolute Gasteiger partial charge is 0.359 e. The fraction of sp³-hybridized carbons (Fsp3) is 0.867. The molecule has 2 fully saturated rings. The van der Waals surface area contributed by atoms with Crippen LogP contribution >= 0.6 is 0 Å². The molecule has 2 saturated heterocycles. The zero-order valence-corrected chi connectivity index (χ0v) is 12.9. The Labute approximate surface area is 121 Å². The summed E-state index contributed by atoms with van der Waals surface area (Å²) in [5.41, 5.74) is 0.0208. The number of amides is 2. The monoisotopic (exact) mass is 281 g/mol. The van der Waals surface area contributed by atoms with Gasteiger partial charge in [0, 0.05) is 26.1 Å². The summed E-state index contributed by atoms with van der Waals surface area (Å²) in [5.74, 6) is 0.384. The normalized spacial score (nSPS) is 27.1. The first kappa shape index (κ1) is 15.3. The summed E-state index contributed by atoms with van der Waals surface area (Å²) < 4.78 is 0. The van der Waals surface area contributed by atoms with Crippen molar-refractivity contribution < 1.29 is 9.59 Å². The van der Waals surface area contributed by atoms with E-state index in [2.05, 4.69) is 24.5 Å². The molecule has 2 aliphatic heterocycles. The summed E-state index contributed by atoms with van der Waals surface area (Å²) in [6, 6.07) is -0.0761. The second kappa shape index (κ2) is 6.12. The van der Waals surface area contributed by atoms with Gasteiger partial charge in [-0.1, -0.05) is 13.8 Å². The molecule has 0 aromatic carbocycles. The van der Waals surface area contributed by atoms with Gasteiger partial charge in [-0.25, -0.2) is 0 Å². The van der Waals surface area contributed by atoms with Crippen molar-refractivity contribution in [3.63, 3.8) is 0 Å². The van der Waals surface area contributed by atoms with Crippen LogP contribution in [0, 0.1) is 11.3 Å². The number of carbonyl (C=O) groups is 2. The zero-order valence-electron chi connectivity index (χ0n) is 12.9. The molecule has 0 radical (unpaired) electrons. The third-order valence-corrected chi connectivity index (χ3v) is 4.80. The topological polar surface area (TPSA) is 61.4 Å². The predicted molar refractivity (Wildman–Crippen MR) is 78.2 cm³/mol. The first-order valence-corrected chi connectivity index (χ1v) is 7.69. The van der Waals surface area contributed by atoms with Crippen LogP contribution in [0.1, 0.15) is 39.5 Å². The maximum absolute atomic E-state index is 12.7. The molecular weight excluding hydrogens is 254 g/mol. The molecule has 0 bridgehead atoms. The van der Waals surface area contributed by atoms with Crippen LogP contribution in [0.2, 0.25) is 0 Å². The standard InChI is InChI=1S/C15H27N3O2/c1-15(2)7-4-8-17-12(15)14(20)18-9-5-11(6-10-18)13(19)16-3/h11-12,17H,4-10H2,1-3H3,(H,16,19). The molecule has 0 saturated carbocycles. The summed E-state index contributed by atoms with van der Waals surface area (Å²) in [6.07, 6.45) is 3.78. The molecular formula is C15H27N3O2. The van der Waals surface area contributed by atoms with E-state index in [-0.39, 0.29) is 29.2 Å². The van der Waals surface area contributed by atoms with Gasteiger partial charge in [-0.05, 0) is 37.6 Å². The van der Waals surface area contributed by atoms with Gasteiger partial charge >= 0.3 is 0 Å². The Bertz CT molecular complexity index is 373. The van der Waals surface area contributed by atoms with Crippen LogP contribution in [0.15, 0.2) is 0 Å². The molecule has 114 valence electrons. The summed E-state index contributed by atoms with van der Waals surface area (Å²) in [4.78, 5) is 26.2. The van der Waals surface area contributed by atoms with Gasteiger partial charge in [0.25, 0.3) is 0 Å². The third kappa shape index (κ3) is 3.14. The molecule has 1 atom stereocenters. The lowest BCUT2D eigenvalue weighted by Gasteiger charge is -2.42. The number of hydrogen-bond donors (Lipinski definition) is 2. The van der Waals surface area contributed by atoms with Crippen LogP contribution in [0.3, 0.4) is 0 Å². The van der Waals surface area contributed by atoms with Crippen molar-refractivity contribution in [1.82, 2.24) is 15.5 Å². The van der Waals surface area contributed by atoms with E-state index in [1.807, 2.05) is 4.90 Å². The van der Waals surface area contributed by atoms with E-state index in [4.69, 9.17) is 0 Å². The van der Waals surface area contributed by atoms with E-state index in [0.717, 1.165) is 32.2 Å². The quantitative estimate of drug-likeness (QED) is 0.785. The van der Waals surface area contributed by atoms with Gasteiger partial charge in [-0.3, -0.25) is 9.59 Å². The van der Waals surface area contributed by atoms with E-state index in [9.17, 15) is 9.59 Å². The molecule has 1 unspecified atom stereocenters. The van der Waals surface area contributed by atoms with Gasteiger partial charge in [0.1, 0.15) is 0 Å². The maximum atomic E-state index is 12.7. The number of piperidine rings is 2. The summed E-state index contributed by atoms with van der Waals surface area (Å²) in [7, 11) is 1.67. The fourth-order valence-electron chi connectivity index (χ4n) is 3.38. The van der Waals surface area contributed by atoms with Crippen molar-refractivity contribution in [3.8, 4) is 0 Å². The SMILES string of the molecule is CNC(=O)C1CCN(C(=O)C2NCCCC2(C)C)CC1. The number of carbonyl (C=O) groups excluding carboxylic acids is 2. The average Bonchev–Trinajstić information content (AvgIpc) is 2.45. The third-order valence-electron chi connectivity index (χ3n) is 4.80. The Balaban J connectivity index is 1.93. The van der Waals surface area contributed by atoms with E-state index in [1.54, 1.807) is 7.05 Å². The molecule has 2 heterocycles. The lowest BCUT2D eigenvalue weighted by molar-refractivity contribution is -0.140. The number of rotatable bonds is 2. The highest BCUT2D eigenvalue weighted by Gasteiger charge is 2.40. The van der Waals surface area contributed by atoms with E-state index < -0.39 is 0 Å². The van der Waals surface area contributed by atoms with Gasteiger partial charge in [0.15, 0.2) is 0 Å². The van der Waals surface area contributed by atoms with Crippen LogP contribution in [-0.2, 0) is 9.59 Å². The van der Waals surface area contributed by atoms with Crippen molar-refractivity contribution in [3.05, 3.63) is 0 Å². The summed E-state index contributed by atoms with van der Waals surface area (Å²) in [5, 5.41) is 6.08. The molecule has 0 aromatic heterocycles. The molecule has 5 nitrogen and oxygen atoms in total. The predicted octanol–water partition coefficient (Wildman–Crippen LogP) is 0.749. The van der Waals surface area contributed by atoms with Crippen molar-refractivity contribution in [2.24, 2.45) is 11.3 Å². The molecule has 0 spiro atoms. The maximum Gasteiger partial charge on any atom is 0.240 e. The second-order valence-corrected chi connectivity index (χ2v) is 6.69. The Morgan fingerprint density at radius 2 is 1.90 bits per heavy atom. The Kier molecular flexibility index (Phi) is 4.68. The molecule has 2 amide bonds. The first-order valence-electron chi connectivity index (χ1n) is 7.69. The molecule has 0 aliphatic carbocycles. The Hall–Kier alpha value is -1.10. The molecule has 2 rings (SSSR count). The number of hydrogen-bond acceptors (Lipinski definition) is 3. The Morgan fingerprint density at radius 3 is 2.45 bits per heavy atom. The van der Waals surface area contributed by atoms with Crippen LogP contribution in [0.25, 0.3) is 0 Å². The minimum Gasteiger partial charge on any atom is -0.359 e.